The van der Waals surface area contributed by atoms with E-state index < -0.39 is 0 Å². The van der Waals surface area contributed by atoms with Crippen LogP contribution in [0.5, 0.6) is 0 Å². The molecule has 1 aromatic heterocycles. The van der Waals surface area contributed by atoms with Crippen LogP contribution < -0.4 is 0 Å². The van der Waals surface area contributed by atoms with Crippen molar-refractivity contribution in [2.45, 2.75) is 59.6 Å². The third-order valence-corrected chi connectivity index (χ3v) is 2.99. The SMILES string of the molecule is CCC(C)n1nnc(CO)c1CCC(C)C. The summed E-state index contributed by atoms with van der Waals surface area (Å²) in [6.07, 6.45) is 3.09. The number of aliphatic hydroxyl groups is 1. The molecule has 0 aliphatic carbocycles. The monoisotopic (exact) mass is 225 g/mol. The molecule has 1 rings (SSSR count). The normalized spacial score (nSPS) is 13.4. The summed E-state index contributed by atoms with van der Waals surface area (Å²) in [5, 5.41) is 17.4. The number of rotatable bonds is 6. The van der Waals surface area contributed by atoms with Gasteiger partial charge in [-0.25, -0.2) is 4.68 Å². The van der Waals surface area contributed by atoms with Crippen molar-refractivity contribution in [2.75, 3.05) is 0 Å². The molecule has 1 aromatic rings. The molecule has 0 saturated heterocycles. The summed E-state index contributed by atoms with van der Waals surface area (Å²) in [5.74, 6) is 0.659. The molecule has 1 atom stereocenters. The molecule has 4 nitrogen and oxygen atoms in total. The van der Waals surface area contributed by atoms with Crippen molar-refractivity contribution in [3.05, 3.63) is 11.4 Å². The maximum atomic E-state index is 9.24. The molecule has 1 unspecified atom stereocenters. The van der Waals surface area contributed by atoms with E-state index in [1.54, 1.807) is 0 Å². The summed E-state index contributed by atoms with van der Waals surface area (Å²) < 4.78 is 1.97. The van der Waals surface area contributed by atoms with Crippen molar-refractivity contribution < 1.29 is 5.11 Å². The summed E-state index contributed by atoms with van der Waals surface area (Å²) >= 11 is 0. The summed E-state index contributed by atoms with van der Waals surface area (Å²) in [6.45, 7) is 8.67. The maximum absolute atomic E-state index is 9.24. The lowest BCUT2D eigenvalue weighted by atomic mass is 10.0. The molecule has 16 heavy (non-hydrogen) atoms. The number of aliphatic hydroxyl groups excluding tert-OH is 1. The van der Waals surface area contributed by atoms with Gasteiger partial charge in [0.2, 0.25) is 0 Å². The second-order valence-corrected chi connectivity index (χ2v) is 4.78. The molecule has 0 amide bonds. The van der Waals surface area contributed by atoms with Crippen LogP contribution in [0.2, 0.25) is 0 Å². The van der Waals surface area contributed by atoms with Gasteiger partial charge in [0.25, 0.3) is 0 Å². The highest BCUT2D eigenvalue weighted by atomic mass is 16.3. The molecule has 1 heterocycles. The first kappa shape index (κ1) is 13.2. The van der Waals surface area contributed by atoms with Gasteiger partial charge in [-0.1, -0.05) is 26.0 Å². The van der Waals surface area contributed by atoms with Crippen LogP contribution in [-0.4, -0.2) is 20.1 Å². The van der Waals surface area contributed by atoms with Crippen LogP contribution in [0.3, 0.4) is 0 Å². The van der Waals surface area contributed by atoms with Gasteiger partial charge in [0.15, 0.2) is 0 Å². The summed E-state index contributed by atoms with van der Waals surface area (Å²) in [7, 11) is 0. The molecule has 0 bridgehead atoms. The van der Waals surface area contributed by atoms with Gasteiger partial charge in [-0.05, 0) is 32.1 Å². The first-order valence-electron chi connectivity index (χ1n) is 6.13. The van der Waals surface area contributed by atoms with E-state index in [0.29, 0.717) is 12.0 Å². The molecular formula is C12H23N3O. The Morgan fingerprint density at radius 2 is 2.00 bits per heavy atom. The van der Waals surface area contributed by atoms with E-state index in [1.165, 1.54) is 0 Å². The van der Waals surface area contributed by atoms with Crippen LogP contribution in [0.4, 0.5) is 0 Å². The van der Waals surface area contributed by atoms with E-state index in [-0.39, 0.29) is 6.61 Å². The molecule has 0 aliphatic rings. The smallest absolute Gasteiger partial charge is 0.111 e. The van der Waals surface area contributed by atoms with Gasteiger partial charge < -0.3 is 5.11 Å². The zero-order chi connectivity index (χ0) is 12.1. The number of nitrogens with zero attached hydrogens (tertiary/aromatic N) is 3. The molecule has 0 aromatic carbocycles. The van der Waals surface area contributed by atoms with Crippen LogP contribution in [0.25, 0.3) is 0 Å². The Morgan fingerprint density at radius 1 is 1.31 bits per heavy atom. The number of hydrogen-bond donors (Lipinski definition) is 1. The lowest BCUT2D eigenvalue weighted by Crippen LogP contribution is -2.11. The average Bonchev–Trinajstić information content (AvgIpc) is 2.67. The quantitative estimate of drug-likeness (QED) is 0.808. The van der Waals surface area contributed by atoms with Gasteiger partial charge >= 0.3 is 0 Å². The fourth-order valence-corrected chi connectivity index (χ4v) is 1.68. The predicted molar refractivity (Wildman–Crippen MR) is 64.1 cm³/mol. The fourth-order valence-electron chi connectivity index (χ4n) is 1.68. The van der Waals surface area contributed by atoms with Gasteiger partial charge in [-0.2, -0.15) is 0 Å². The summed E-state index contributed by atoms with van der Waals surface area (Å²) in [5.41, 5.74) is 1.84. The Labute approximate surface area is 97.7 Å². The first-order valence-corrected chi connectivity index (χ1v) is 6.13. The van der Waals surface area contributed by atoms with E-state index in [4.69, 9.17) is 0 Å². The van der Waals surface area contributed by atoms with Crippen LogP contribution in [0.15, 0.2) is 0 Å². The predicted octanol–water partition coefficient (Wildman–Crippen LogP) is 2.33. The van der Waals surface area contributed by atoms with Crippen molar-refractivity contribution >= 4 is 0 Å². The van der Waals surface area contributed by atoms with Gasteiger partial charge in [-0.15, -0.1) is 5.10 Å². The third-order valence-electron chi connectivity index (χ3n) is 2.99. The van der Waals surface area contributed by atoms with E-state index in [1.807, 2.05) is 4.68 Å². The molecule has 1 N–H and O–H groups in total. The minimum atomic E-state index is -0.0101. The molecule has 4 heteroatoms. The minimum Gasteiger partial charge on any atom is -0.390 e. The van der Waals surface area contributed by atoms with E-state index in [2.05, 4.69) is 38.0 Å². The third kappa shape index (κ3) is 3.04. The van der Waals surface area contributed by atoms with Crippen LogP contribution in [0, 0.1) is 5.92 Å². The van der Waals surface area contributed by atoms with Gasteiger partial charge in [0.1, 0.15) is 5.69 Å². The van der Waals surface area contributed by atoms with E-state index in [9.17, 15) is 5.11 Å². The van der Waals surface area contributed by atoms with Crippen LogP contribution in [0.1, 0.15) is 58.0 Å². The molecule has 0 aliphatic heterocycles. The highest BCUT2D eigenvalue weighted by molar-refractivity contribution is 5.10. The Hall–Kier alpha value is -0.900. The van der Waals surface area contributed by atoms with E-state index in [0.717, 1.165) is 30.7 Å². The van der Waals surface area contributed by atoms with Crippen molar-refractivity contribution in [1.29, 1.82) is 0 Å². The van der Waals surface area contributed by atoms with Crippen molar-refractivity contribution in [3.8, 4) is 0 Å². The largest absolute Gasteiger partial charge is 0.390 e. The lowest BCUT2D eigenvalue weighted by molar-refractivity contribution is 0.275. The maximum Gasteiger partial charge on any atom is 0.111 e. The average molecular weight is 225 g/mol. The minimum absolute atomic E-state index is 0.0101. The highest BCUT2D eigenvalue weighted by Crippen LogP contribution is 2.18. The first-order chi connectivity index (χ1) is 7.60. The molecule has 0 saturated carbocycles. The number of aromatic nitrogens is 3. The standard InChI is InChI=1S/C12H23N3O/c1-5-10(4)15-12(7-6-9(2)3)11(8-16)13-14-15/h9-10,16H,5-8H2,1-4H3. The van der Waals surface area contributed by atoms with Crippen molar-refractivity contribution in [2.24, 2.45) is 5.92 Å². The Bertz CT molecular complexity index is 320. The summed E-state index contributed by atoms with van der Waals surface area (Å²) in [6, 6.07) is 0.356. The highest BCUT2D eigenvalue weighted by Gasteiger charge is 2.15. The molecule has 92 valence electrons. The topological polar surface area (TPSA) is 50.9 Å². The summed E-state index contributed by atoms with van der Waals surface area (Å²) in [4.78, 5) is 0. The second-order valence-electron chi connectivity index (χ2n) is 4.78. The van der Waals surface area contributed by atoms with Crippen LogP contribution in [-0.2, 0) is 13.0 Å². The van der Waals surface area contributed by atoms with E-state index >= 15 is 0 Å². The molecule has 0 radical (unpaired) electrons. The van der Waals surface area contributed by atoms with Gasteiger partial charge in [0.05, 0.1) is 18.3 Å². The van der Waals surface area contributed by atoms with Crippen molar-refractivity contribution in [1.82, 2.24) is 15.0 Å². The zero-order valence-corrected chi connectivity index (χ0v) is 10.8. The lowest BCUT2D eigenvalue weighted by Gasteiger charge is -2.13. The van der Waals surface area contributed by atoms with Gasteiger partial charge in [-0.3, -0.25) is 0 Å². The molecule has 0 spiro atoms. The zero-order valence-electron chi connectivity index (χ0n) is 10.8. The number of hydrogen-bond acceptors (Lipinski definition) is 3. The van der Waals surface area contributed by atoms with Crippen LogP contribution >= 0.6 is 0 Å². The Balaban J connectivity index is 2.87. The van der Waals surface area contributed by atoms with Crippen molar-refractivity contribution in [3.63, 3.8) is 0 Å². The molecule has 0 fully saturated rings. The Kier molecular flexibility index (Phi) is 4.93. The second kappa shape index (κ2) is 5.99. The fraction of sp³-hybridized carbons (Fsp3) is 0.833. The van der Waals surface area contributed by atoms with Gasteiger partial charge in [0, 0.05) is 0 Å². The molecular weight excluding hydrogens is 202 g/mol. The Morgan fingerprint density at radius 3 is 2.50 bits per heavy atom.